The van der Waals surface area contributed by atoms with Crippen molar-refractivity contribution in [3.8, 4) is 0 Å². The van der Waals surface area contributed by atoms with Gasteiger partial charge in [0.25, 0.3) is 5.91 Å². The second-order valence-electron chi connectivity index (χ2n) is 7.17. The van der Waals surface area contributed by atoms with Crippen molar-refractivity contribution in [3.63, 3.8) is 0 Å². The number of benzene rings is 1. The zero-order valence-electron chi connectivity index (χ0n) is 15.2. The average Bonchev–Trinajstić information content (AvgIpc) is 3.21. The lowest BCUT2D eigenvalue weighted by atomic mass is 9.73. The van der Waals surface area contributed by atoms with E-state index in [-0.39, 0.29) is 11.8 Å². The number of piperidine rings is 1. The summed E-state index contributed by atoms with van der Waals surface area (Å²) in [5.41, 5.74) is 2.14. The number of aryl methyl sites for hydroxylation is 1. The third-order valence-electron chi connectivity index (χ3n) is 5.75. The van der Waals surface area contributed by atoms with Crippen LogP contribution in [0.1, 0.15) is 47.9 Å². The molecule has 2 aromatic rings. The molecule has 1 fully saturated rings. The molecule has 1 aromatic heterocycles. The van der Waals surface area contributed by atoms with Crippen LogP contribution in [0.4, 0.5) is 5.69 Å². The van der Waals surface area contributed by atoms with E-state index in [1.807, 2.05) is 43.1 Å². The highest BCUT2D eigenvalue weighted by molar-refractivity contribution is 6.08. The number of likely N-dealkylation sites (tertiary alicyclic amines) is 1. The van der Waals surface area contributed by atoms with Crippen LogP contribution in [-0.4, -0.2) is 42.0 Å². The van der Waals surface area contributed by atoms with Gasteiger partial charge in [-0.15, -0.1) is 0 Å². The number of carbonyl (C=O) groups excluding carboxylic acids is 2. The van der Waals surface area contributed by atoms with E-state index in [1.165, 1.54) is 6.20 Å². The topological polar surface area (TPSA) is 66.7 Å². The first-order chi connectivity index (χ1) is 12.6. The van der Waals surface area contributed by atoms with Gasteiger partial charge in [-0.25, -0.2) is 0 Å². The van der Waals surface area contributed by atoms with E-state index in [0.717, 1.165) is 17.7 Å². The summed E-state index contributed by atoms with van der Waals surface area (Å²) in [7, 11) is 1.83. The van der Waals surface area contributed by atoms with Crippen LogP contribution in [0, 0.1) is 0 Å². The molecule has 0 unspecified atom stereocenters. The number of amides is 2. The molecule has 0 saturated carbocycles. The minimum Gasteiger partial charge on any atom is -0.361 e. The summed E-state index contributed by atoms with van der Waals surface area (Å²) in [5, 5.41) is 3.80. The van der Waals surface area contributed by atoms with Crippen molar-refractivity contribution in [2.75, 3.05) is 25.0 Å². The number of hydrogen-bond donors (Lipinski definition) is 0. The van der Waals surface area contributed by atoms with Gasteiger partial charge in [0.1, 0.15) is 11.3 Å². The Hall–Kier alpha value is -2.63. The number of likely N-dealkylation sites (N-methyl/N-ethyl adjacent to an activating group) is 1. The van der Waals surface area contributed by atoms with Crippen molar-refractivity contribution in [2.24, 2.45) is 0 Å². The van der Waals surface area contributed by atoms with E-state index in [2.05, 4.69) is 5.16 Å². The molecular formula is C20H23N3O3. The molecule has 6 heteroatoms. The summed E-state index contributed by atoms with van der Waals surface area (Å²) in [6.45, 7) is 3.16. The predicted octanol–water partition coefficient (Wildman–Crippen LogP) is 2.78. The molecule has 1 saturated heterocycles. The van der Waals surface area contributed by atoms with Gasteiger partial charge in [-0.3, -0.25) is 9.59 Å². The van der Waals surface area contributed by atoms with Gasteiger partial charge in [0, 0.05) is 32.2 Å². The monoisotopic (exact) mass is 353 g/mol. The number of hydrogen-bond acceptors (Lipinski definition) is 4. The molecule has 1 spiro atoms. The summed E-state index contributed by atoms with van der Waals surface area (Å²) in [6.07, 6.45) is 4.41. The lowest BCUT2D eigenvalue weighted by Crippen LogP contribution is -2.49. The maximum atomic E-state index is 13.0. The van der Waals surface area contributed by atoms with Gasteiger partial charge >= 0.3 is 0 Å². The Bertz CT molecular complexity index is 849. The minimum absolute atomic E-state index is 0.0448. The largest absolute Gasteiger partial charge is 0.361 e. The Balaban J connectivity index is 1.55. The molecule has 1 aromatic carbocycles. The Kier molecular flexibility index (Phi) is 4.05. The predicted molar refractivity (Wildman–Crippen MR) is 97.2 cm³/mol. The number of rotatable bonds is 3. The van der Waals surface area contributed by atoms with Crippen LogP contribution >= 0.6 is 0 Å². The van der Waals surface area contributed by atoms with Gasteiger partial charge in [0.05, 0.1) is 11.6 Å². The molecule has 4 rings (SSSR count). The highest BCUT2D eigenvalue weighted by atomic mass is 16.5. The van der Waals surface area contributed by atoms with Crippen LogP contribution in [0.2, 0.25) is 0 Å². The van der Waals surface area contributed by atoms with Gasteiger partial charge in [0.2, 0.25) is 5.91 Å². The molecule has 26 heavy (non-hydrogen) atoms. The van der Waals surface area contributed by atoms with Gasteiger partial charge < -0.3 is 14.3 Å². The van der Waals surface area contributed by atoms with Crippen LogP contribution in [0.25, 0.3) is 0 Å². The van der Waals surface area contributed by atoms with E-state index in [0.29, 0.717) is 43.7 Å². The van der Waals surface area contributed by atoms with Gasteiger partial charge in [-0.1, -0.05) is 30.3 Å². The SMILES string of the molecule is CCCc1oncc1C(=O)N1CCC2(CC1)C(=O)N(C)c1ccccc12. The fourth-order valence-corrected chi connectivity index (χ4v) is 4.31. The molecule has 6 nitrogen and oxygen atoms in total. The maximum absolute atomic E-state index is 13.0. The van der Waals surface area contributed by atoms with Crippen LogP contribution in [0.15, 0.2) is 35.0 Å². The van der Waals surface area contributed by atoms with E-state index < -0.39 is 5.41 Å². The van der Waals surface area contributed by atoms with Crippen molar-refractivity contribution in [2.45, 2.75) is 38.0 Å². The number of para-hydroxylation sites is 1. The third kappa shape index (κ3) is 2.35. The molecule has 0 atom stereocenters. The highest BCUT2D eigenvalue weighted by Gasteiger charge is 2.51. The number of aromatic nitrogens is 1. The van der Waals surface area contributed by atoms with E-state index in [4.69, 9.17) is 4.52 Å². The fraction of sp³-hybridized carbons (Fsp3) is 0.450. The summed E-state index contributed by atoms with van der Waals surface area (Å²) >= 11 is 0. The molecule has 0 aliphatic carbocycles. The molecule has 136 valence electrons. The minimum atomic E-state index is -0.497. The van der Waals surface area contributed by atoms with Crippen molar-refractivity contribution in [1.29, 1.82) is 0 Å². The molecule has 0 radical (unpaired) electrons. The van der Waals surface area contributed by atoms with Crippen LogP contribution in [-0.2, 0) is 16.6 Å². The smallest absolute Gasteiger partial charge is 0.259 e. The molecular weight excluding hydrogens is 330 g/mol. The van der Waals surface area contributed by atoms with Crippen LogP contribution in [0.5, 0.6) is 0 Å². The lowest BCUT2D eigenvalue weighted by Gasteiger charge is -2.38. The first-order valence-electron chi connectivity index (χ1n) is 9.19. The van der Waals surface area contributed by atoms with E-state index in [1.54, 1.807) is 4.90 Å². The van der Waals surface area contributed by atoms with Crippen molar-refractivity contribution in [1.82, 2.24) is 10.1 Å². The van der Waals surface area contributed by atoms with Gasteiger partial charge in [-0.2, -0.15) is 0 Å². The fourth-order valence-electron chi connectivity index (χ4n) is 4.31. The zero-order valence-corrected chi connectivity index (χ0v) is 15.2. The Morgan fingerprint density at radius 1 is 1.27 bits per heavy atom. The van der Waals surface area contributed by atoms with Crippen LogP contribution < -0.4 is 4.90 Å². The molecule has 2 amide bonds. The number of carbonyl (C=O) groups is 2. The summed E-state index contributed by atoms with van der Waals surface area (Å²) in [6, 6.07) is 7.99. The first kappa shape index (κ1) is 16.8. The second-order valence-corrected chi connectivity index (χ2v) is 7.17. The maximum Gasteiger partial charge on any atom is 0.259 e. The normalized spacial score (nSPS) is 18.5. The van der Waals surface area contributed by atoms with Gasteiger partial charge in [0.15, 0.2) is 0 Å². The number of anilines is 1. The van der Waals surface area contributed by atoms with E-state index >= 15 is 0 Å². The van der Waals surface area contributed by atoms with Gasteiger partial charge in [-0.05, 0) is 30.9 Å². The van der Waals surface area contributed by atoms with Crippen molar-refractivity contribution in [3.05, 3.63) is 47.3 Å². The summed E-state index contributed by atoms with van der Waals surface area (Å²) in [4.78, 5) is 29.4. The molecule has 0 N–H and O–H groups in total. The number of fused-ring (bicyclic) bond motifs is 2. The second kappa shape index (κ2) is 6.27. The highest BCUT2D eigenvalue weighted by Crippen LogP contribution is 2.47. The van der Waals surface area contributed by atoms with E-state index in [9.17, 15) is 9.59 Å². The standard InChI is InChI=1S/C20H23N3O3/c1-3-6-17-14(13-21-26-17)18(24)23-11-9-20(10-12-23)15-7-4-5-8-16(15)22(2)19(20)25/h4-5,7-8,13H,3,6,9-12H2,1-2H3. The molecule has 2 aliphatic rings. The zero-order chi connectivity index (χ0) is 18.3. The number of nitrogens with zero attached hydrogens (tertiary/aromatic N) is 3. The lowest BCUT2D eigenvalue weighted by molar-refractivity contribution is -0.124. The Morgan fingerprint density at radius 2 is 2.00 bits per heavy atom. The average molecular weight is 353 g/mol. The first-order valence-corrected chi connectivity index (χ1v) is 9.19. The Morgan fingerprint density at radius 3 is 2.73 bits per heavy atom. The van der Waals surface area contributed by atoms with Crippen molar-refractivity contribution >= 4 is 17.5 Å². The van der Waals surface area contributed by atoms with Crippen LogP contribution in [0.3, 0.4) is 0 Å². The quantitative estimate of drug-likeness (QED) is 0.851. The third-order valence-corrected chi connectivity index (χ3v) is 5.75. The molecule has 0 bridgehead atoms. The molecule has 3 heterocycles. The molecule has 2 aliphatic heterocycles. The summed E-state index contributed by atoms with van der Waals surface area (Å²) in [5.74, 6) is 0.749. The van der Waals surface area contributed by atoms with Crippen molar-refractivity contribution < 1.29 is 14.1 Å². The summed E-state index contributed by atoms with van der Waals surface area (Å²) < 4.78 is 5.23. The Labute approximate surface area is 152 Å².